The van der Waals surface area contributed by atoms with Gasteiger partial charge in [-0.05, 0) is 55.0 Å². The van der Waals surface area contributed by atoms with Crippen LogP contribution >= 0.6 is 11.6 Å². The maximum Gasteiger partial charge on any atom is 0.255 e. The highest BCUT2D eigenvalue weighted by Gasteiger charge is 2.11. The van der Waals surface area contributed by atoms with E-state index in [1.165, 1.54) is 0 Å². The Kier molecular flexibility index (Phi) is 6.00. The van der Waals surface area contributed by atoms with Crippen molar-refractivity contribution in [1.82, 2.24) is 14.5 Å². The molecular weight excluding hydrogens is 412 g/mol. The molecule has 0 unspecified atom stereocenters. The average molecular weight is 433 g/mol. The molecule has 1 N–H and O–H groups in total. The highest BCUT2D eigenvalue weighted by atomic mass is 35.5. The van der Waals surface area contributed by atoms with Crippen LogP contribution in [0.15, 0.2) is 73.2 Å². The molecule has 6 nitrogen and oxygen atoms in total. The normalized spacial score (nSPS) is 10.7. The molecule has 0 atom stereocenters. The predicted octanol–water partition coefficient (Wildman–Crippen LogP) is 5.28. The number of amides is 1. The molecule has 7 heteroatoms. The first kappa shape index (κ1) is 20.6. The lowest BCUT2D eigenvalue weighted by atomic mass is 10.1. The Balaban J connectivity index is 1.43. The third-order valence-corrected chi connectivity index (χ3v) is 5.08. The number of nitrogens with one attached hydrogen (secondary N) is 1. The monoisotopic (exact) mass is 432 g/mol. The van der Waals surface area contributed by atoms with Crippen molar-refractivity contribution < 1.29 is 9.53 Å². The van der Waals surface area contributed by atoms with Gasteiger partial charge in [-0.1, -0.05) is 23.7 Å². The molecule has 0 saturated carbocycles. The maximum absolute atomic E-state index is 12.8. The number of anilines is 1. The fourth-order valence-corrected chi connectivity index (χ4v) is 3.30. The number of carbonyl (C=O) groups is 1. The zero-order valence-electron chi connectivity index (χ0n) is 17.2. The maximum atomic E-state index is 12.8. The molecule has 2 aromatic carbocycles. The van der Waals surface area contributed by atoms with Crippen LogP contribution in [0.1, 0.15) is 21.6 Å². The summed E-state index contributed by atoms with van der Waals surface area (Å²) in [6, 6.07) is 16.4. The van der Waals surface area contributed by atoms with E-state index in [4.69, 9.17) is 16.3 Å². The Morgan fingerprint density at radius 3 is 2.58 bits per heavy atom. The van der Waals surface area contributed by atoms with Gasteiger partial charge in [-0.2, -0.15) is 0 Å². The second-order valence-corrected chi connectivity index (χ2v) is 7.56. The van der Waals surface area contributed by atoms with E-state index in [1.807, 2.05) is 42.9 Å². The van der Waals surface area contributed by atoms with Crippen molar-refractivity contribution >= 4 is 23.2 Å². The highest BCUT2D eigenvalue weighted by Crippen LogP contribution is 2.25. The zero-order valence-corrected chi connectivity index (χ0v) is 17.9. The van der Waals surface area contributed by atoms with Gasteiger partial charge in [-0.3, -0.25) is 9.78 Å². The summed E-state index contributed by atoms with van der Waals surface area (Å²) in [6.45, 7) is 2.25. The largest absolute Gasteiger partial charge is 0.487 e. The highest BCUT2D eigenvalue weighted by molar-refractivity contribution is 6.30. The van der Waals surface area contributed by atoms with Crippen LogP contribution in [0.2, 0.25) is 5.02 Å². The smallest absolute Gasteiger partial charge is 0.255 e. The lowest BCUT2D eigenvalue weighted by Crippen LogP contribution is -2.13. The lowest BCUT2D eigenvalue weighted by molar-refractivity contribution is 0.102. The number of imidazole rings is 1. The van der Waals surface area contributed by atoms with Gasteiger partial charge in [0.2, 0.25) is 0 Å². The topological polar surface area (TPSA) is 69.0 Å². The number of aromatic nitrogens is 3. The van der Waals surface area contributed by atoms with Gasteiger partial charge in [-0.25, -0.2) is 4.98 Å². The van der Waals surface area contributed by atoms with Crippen molar-refractivity contribution in [2.24, 2.45) is 7.05 Å². The molecule has 0 spiro atoms. The quantitative estimate of drug-likeness (QED) is 0.450. The molecule has 0 aliphatic rings. The minimum Gasteiger partial charge on any atom is -0.487 e. The molecule has 4 aromatic rings. The van der Waals surface area contributed by atoms with Gasteiger partial charge in [-0.15, -0.1) is 0 Å². The van der Waals surface area contributed by atoms with Crippen LogP contribution in [0.3, 0.4) is 0 Å². The Morgan fingerprint density at radius 2 is 1.87 bits per heavy atom. The summed E-state index contributed by atoms with van der Waals surface area (Å²) in [5.74, 6) is 1.29. The zero-order chi connectivity index (χ0) is 21.8. The SMILES string of the molecule is Cc1ccc(-c2nccn2C)cc1NC(=O)c1ccc(OCc2cc(Cl)ccn2)cc1. The molecule has 1 amide bonds. The summed E-state index contributed by atoms with van der Waals surface area (Å²) >= 11 is 5.96. The van der Waals surface area contributed by atoms with Gasteiger partial charge in [0.05, 0.1) is 5.69 Å². The molecule has 0 bridgehead atoms. The number of benzene rings is 2. The number of hydrogen-bond acceptors (Lipinski definition) is 4. The third-order valence-electron chi connectivity index (χ3n) is 4.85. The lowest BCUT2D eigenvalue weighted by Gasteiger charge is -2.11. The van der Waals surface area contributed by atoms with Gasteiger partial charge in [0.25, 0.3) is 5.91 Å². The minimum atomic E-state index is -0.192. The fraction of sp³-hybridized carbons (Fsp3) is 0.125. The van der Waals surface area contributed by atoms with E-state index < -0.39 is 0 Å². The molecule has 0 saturated heterocycles. The number of pyridine rings is 1. The third kappa shape index (κ3) is 4.92. The van der Waals surface area contributed by atoms with Crippen molar-refractivity contribution in [3.8, 4) is 17.1 Å². The summed E-state index contributed by atoms with van der Waals surface area (Å²) in [7, 11) is 1.94. The van der Waals surface area contributed by atoms with E-state index in [-0.39, 0.29) is 5.91 Å². The van der Waals surface area contributed by atoms with Crippen LogP contribution in [0, 0.1) is 6.92 Å². The molecule has 31 heavy (non-hydrogen) atoms. The van der Waals surface area contributed by atoms with Gasteiger partial charge in [0.15, 0.2) is 0 Å². The summed E-state index contributed by atoms with van der Waals surface area (Å²) in [5.41, 5.74) is 3.93. The number of hydrogen-bond donors (Lipinski definition) is 1. The summed E-state index contributed by atoms with van der Waals surface area (Å²) in [5, 5.41) is 3.60. The van der Waals surface area contributed by atoms with Crippen molar-refractivity contribution in [1.29, 1.82) is 0 Å². The molecule has 0 aliphatic carbocycles. The standard InChI is InChI=1S/C24H21ClN4O2/c1-16-3-4-18(23-27-11-12-29(23)2)13-22(16)28-24(30)17-5-7-21(8-6-17)31-15-20-14-19(25)9-10-26-20/h3-14H,15H2,1-2H3,(H,28,30). The van der Waals surface area contributed by atoms with Crippen molar-refractivity contribution in [2.45, 2.75) is 13.5 Å². The Bertz CT molecular complexity index is 1220. The van der Waals surface area contributed by atoms with E-state index in [0.717, 1.165) is 28.3 Å². The van der Waals surface area contributed by atoms with Gasteiger partial charge >= 0.3 is 0 Å². The Labute approximate surface area is 185 Å². The van der Waals surface area contributed by atoms with Gasteiger partial charge in [0.1, 0.15) is 18.2 Å². The summed E-state index contributed by atoms with van der Waals surface area (Å²) in [4.78, 5) is 21.3. The van der Waals surface area contributed by atoms with Crippen molar-refractivity contribution in [2.75, 3.05) is 5.32 Å². The van der Waals surface area contributed by atoms with E-state index in [1.54, 1.807) is 48.8 Å². The molecule has 156 valence electrons. The molecule has 0 fully saturated rings. The molecule has 4 rings (SSSR count). The number of rotatable bonds is 6. The second kappa shape index (κ2) is 9.02. The van der Waals surface area contributed by atoms with Crippen LogP contribution in [0.4, 0.5) is 5.69 Å². The molecular formula is C24H21ClN4O2. The van der Waals surface area contributed by atoms with Crippen LogP contribution in [0.25, 0.3) is 11.4 Å². The minimum absolute atomic E-state index is 0.192. The van der Waals surface area contributed by atoms with Crippen LogP contribution in [-0.4, -0.2) is 20.4 Å². The van der Waals surface area contributed by atoms with Gasteiger partial charge < -0.3 is 14.6 Å². The van der Waals surface area contributed by atoms with E-state index >= 15 is 0 Å². The average Bonchev–Trinajstić information content (AvgIpc) is 3.20. The predicted molar refractivity (Wildman–Crippen MR) is 121 cm³/mol. The second-order valence-electron chi connectivity index (χ2n) is 7.12. The van der Waals surface area contributed by atoms with Crippen molar-refractivity contribution in [3.63, 3.8) is 0 Å². The number of nitrogens with zero attached hydrogens (tertiary/aromatic N) is 3. The number of halogens is 1. The van der Waals surface area contributed by atoms with E-state index in [9.17, 15) is 4.79 Å². The molecule has 0 radical (unpaired) electrons. The summed E-state index contributed by atoms with van der Waals surface area (Å²) in [6.07, 6.45) is 5.28. The van der Waals surface area contributed by atoms with Crippen LogP contribution in [0.5, 0.6) is 5.75 Å². The first-order chi connectivity index (χ1) is 15.0. The van der Waals surface area contributed by atoms with Crippen molar-refractivity contribution in [3.05, 3.63) is 95.0 Å². The summed E-state index contributed by atoms with van der Waals surface area (Å²) < 4.78 is 7.66. The number of aryl methyl sites for hydroxylation is 2. The first-order valence-electron chi connectivity index (χ1n) is 9.72. The number of carbonyl (C=O) groups excluding carboxylic acids is 1. The van der Waals surface area contributed by atoms with E-state index in [2.05, 4.69) is 15.3 Å². The molecule has 0 aliphatic heterocycles. The van der Waals surface area contributed by atoms with E-state index in [0.29, 0.717) is 22.9 Å². The first-order valence-corrected chi connectivity index (χ1v) is 10.1. The van der Waals surface area contributed by atoms with Gasteiger partial charge in [0, 0.05) is 47.5 Å². The Hall–Kier alpha value is -3.64. The fourth-order valence-electron chi connectivity index (χ4n) is 3.12. The Morgan fingerprint density at radius 1 is 1.06 bits per heavy atom. The van der Waals surface area contributed by atoms with Crippen LogP contribution in [-0.2, 0) is 13.7 Å². The molecule has 2 heterocycles. The molecule has 2 aromatic heterocycles. The number of ether oxygens (including phenoxy) is 1. The van der Waals surface area contributed by atoms with Crippen LogP contribution < -0.4 is 10.1 Å².